The largest absolute Gasteiger partial charge is 0.356 e. The van der Waals surface area contributed by atoms with Crippen LogP contribution in [0.1, 0.15) is 25.3 Å². The van der Waals surface area contributed by atoms with Gasteiger partial charge < -0.3 is 16.4 Å². The maximum atomic E-state index is 12.1. The molecule has 0 aliphatic carbocycles. The van der Waals surface area contributed by atoms with Gasteiger partial charge in [0.05, 0.1) is 5.92 Å². The second kappa shape index (κ2) is 9.94. The van der Waals surface area contributed by atoms with Crippen LogP contribution in [0.5, 0.6) is 0 Å². The van der Waals surface area contributed by atoms with Crippen LogP contribution in [-0.2, 0) is 16.0 Å². The van der Waals surface area contributed by atoms with Gasteiger partial charge in [-0.25, -0.2) is 0 Å². The zero-order valence-electron chi connectivity index (χ0n) is 12.6. The van der Waals surface area contributed by atoms with E-state index in [1.165, 1.54) is 0 Å². The normalized spacial score (nSPS) is 11.7. The van der Waals surface area contributed by atoms with Gasteiger partial charge >= 0.3 is 0 Å². The van der Waals surface area contributed by atoms with E-state index >= 15 is 0 Å². The summed E-state index contributed by atoms with van der Waals surface area (Å²) >= 11 is 0. The van der Waals surface area contributed by atoms with Crippen molar-refractivity contribution in [1.29, 1.82) is 0 Å². The molecule has 1 aromatic carbocycles. The standard InChI is InChI=1S/C16H25N3O2/c1-2-9-18-15(20)8-10-19-16(21)14(12-17)11-13-6-4-3-5-7-13/h3-7,14H,2,8-12,17H2,1H3,(H,18,20)(H,19,21). The fraction of sp³-hybridized carbons (Fsp3) is 0.500. The fourth-order valence-corrected chi connectivity index (χ4v) is 1.98. The van der Waals surface area contributed by atoms with Gasteiger partial charge in [-0.05, 0) is 18.4 Å². The lowest BCUT2D eigenvalue weighted by Gasteiger charge is -2.15. The topological polar surface area (TPSA) is 84.2 Å². The summed E-state index contributed by atoms with van der Waals surface area (Å²) < 4.78 is 0. The van der Waals surface area contributed by atoms with Crippen molar-refractivity contribution in [3.63, 3.8) is 0 Å². The summed E-state index contributed by atoms with van der Waals surface area (Å²) in [6, 6.07) is 9.79. The first-order valence-electron chi connectivity index (χ1n) is 7.45. The Labute approximate surface area is 126 Å². The molecule has 1 rings (SSSR count). The van der Waals surface area contributed by atoms with Crippen molar-refractivity contribution in [3.8, 4) is 0 Å². The summed E-state index contributed by atoms with van der Waals surface area (Å²) in [6.45, 7) is 3.31. The third-order valence-corrected chi connectivity index (χ3v) is 3.20. The minimum Gasteiger partial charge on any atom is -0.356 e. The minimum absolute atomic E-state index is 0.0375. The number of amides is 2. The van der Waals surface area contributed by atoms with E-state index in [0.717, 1.165) is 12.0 Å². The van der Waals surface area contributed by atoms with Crippen LogP contribution in [0.25, 0.3) is 0 Å². The van der Waals surface area contributed by atoms with Crippen molar-refractivity contribution in [1.82, 2.24) is 10.6 Å². The first kappa shape index (κ1) is 17.2. The summed E-state index contributed by atoms with van der Waals surface area (Å²) in [4.78, 5) is 23.5. The van der Waals surface area contributed by atoms with Crippen LogP contribution in [0.4, 0.5) is 0 Å². The van der Waals surface area contributed by atoms with Crippen molar-refractivity contribution in [2.24, 2.45) is 11.7 Å². The van der Waals surface area contributed by atoms with E-state index in [1.54, 1.807) is 0 Å². The number of rotatable bonds is 9. The molecule has 0 fully saturated rings. The average Bonchev–Trinajstić information content (AvgIpc) is 2.51. The van der Waals surface area contributed by atoms with Gasteiger partial charge in [0.15, 0.2) is 0 Å². The summed E-state index contributed by atoms with van der Waals surface area (Å²) in [5, 5.41) is 5.56. The Bertz CT molecular complexity index is 434. The van der Waals surface area contributed by atoms with E-state index in [1.807, 2.05) is 37.3 Å². The van der Waals surface area contributed by atoms with Gasteiger partial charge in [-0.3, -0.25) is 9.59 Å². The molecule has 116 valence electrons. The number of carbonyl (C=O) groups is 2. The third kappa shape index (κ3) is 6.90. The first-order valence-corrected chi connectivity index (χ1v) is 7.45. The smallest absolute Gasteiger partial charge is 0.224 e. The summed E-state index contributed by atoms with van der Waals surface area (Å²) in [7, 11) is 0. The molecular formula is C16H25N3O2. The Balaban J connectivity index is 2.33. The van der Waals surface area contributed by atoms with Gasteiger partial charge in [-0.1, -0.05) is 37.3 Å². The van der Waals surface area contributed by atoms with Gasteiger partial charge in [-0.15, -0.1) is 0 Å². The molecule has 0 heterocycles. The van der Waals surface area contributed by atoms with Crippen molar-refractivity contribution in [2.45, 2.75) is 26.2 Å². The predicted molar refractivity (Wildman–Crippen MR) is 83.6 cm³/mol. The number of nitrogens with two attached hydrogens (primary N) is 1. The van der Waals surface area contributed by atoms with E-state index in [0.29, 0.717) is 32.5 Å². The average molecular weight is 291 g/mol. The molecule has 2 amide bonds. The van der Waals surface area contributed by atoms with Gasteiger partial charge in [-0.2, -0.15) is 0 Å². The second-order valence-corrected chi connectivity index (χ2v) is 5.01. The molecule has 4 N–H and O–H groups in total. The Morgan fingerprint density at radius 1 is 1.14 bits per heavy atom. The molecule has 0 saturated carbocycles. The van der Waals surface area contributed by atoms with Crippen LogP contribution in [0.15, 0.2) is 30.3 Å². The summed E-state index contributed by atoms with van der Waals surface area (Å²) in [6.07, 6.45) is 1.82. The number of hydrogen-bond acceptors (Lipinski definition) is 3. The van der Waals surface area contributed by atoms with Gasteiger partial charge in [0.25, 0.3) is 0 Å². The minimum atomic E-state index is -0.258. The Kier molecular flexibility index (Phi) is 8.12. The Hall–Kier alpha value is -1.88. The van der Waals surface area contributed by atoms with Gasteiger partial charge in [0.2, 0.25) is 11.8 Å². The lowest BCUT2D eigenvalue weighted by Crippen LogP contribution is -2.38. The van der Waals surface area contributed by atoms with Gasteiger partial charge in [0, 0.05) is 26.1 Å². The van der Waals surface area contributed by atoms with Gasteiger partial charge in [0.1, 0.15) is 0 Å². The molecule has 0 bridgehead atoms. The SMILES string of the molecule is CCCNC(=O)CCNC(=O)C(CN)Cc1ccccc1. The second-order valence-electron chi connectivity index (χ2n) is 5.01. The molecule has 0 saturated heterocycles. The highest BCUT2D eigenvalue weighted by Crippen LogP contribution is 2.07. The molecule has 21 heavy (non-hydrogen) atoms. The first-order chi connectivity index (χ1) is 10.2. The molecule has 5 nitrogen and oxygen atoms in total. The van der Waals surface area contributed by atoms with Crippen LogP contribution in [0, 0.1) is 5.92 Å². The molecule has 5 heteroatoms. The lowest BCUT2D eigenvalue weighted by atomic mass is 9.98. The van der Waals surface area contributed by atoms with Crippen molar-refractivity contribution in [3.05, 3.63) is 35.9 Å². The van der Waals surface area contributed by atoms with E-state index in [9.17, 15) is 9.59 Å². The molecule has 1 aromatic rings. The van der Waals surface area contributed by atoms with Crippen LogP contribution in [-0.4, -0.2) is 31.4 Å². The molecule has 1 unspecified atom stereocenters. The molecule has 0 aliphatic heterocycles. The molecule has 0 spiro atoms. The zero-order chi connectivity index (χ0) is 15.5. The zero-order valence-corrected chi connectivity index (χ0v) is 12.6. The highest BCUT2D eigenvalue weighted by atomic mass is 16.2. The van der Waals surface area contributed by atoms with Crippen molar-refractivity contribution < 1.29 is 9.59 Å². The highest BCUT2D eigenvalue weighted by molar-refractivity contribution is 5.80. The number of benzene rings is 1. The molecular weight excluding hydrogens is 266 g/mol. The third-order valence-electron chi connectivity index (χ3n) is 3.20. The quantitative estimate of drug-likeness (QED) is 0.630. The van der Waals surface area contributed by atoms with E-state index in [-0.39, 0.29) is 17.7 Å². The molecule has 0 aromatic heterocycles. The molecule has 0 aliphatic rings. The summed E-state index contributed by atoms with van der Waals surface area (Å²) in [5.74, 6) is -0.389. The van der Waals surface area contributed by atoms with Crippen LogP contribution in [0.2, 0.25) is 0 Å². The van der Waals surface area contributed by atoms with Crippen LogP contribution >= 0.6 is 0 Å². The number of carbonyl (C=O) groups excluding carboxylic acids is 2. The number of nitrogens with one attached hydrogen (secondary N) is 2. The maximum Gasteiger partial charge on any atom is 0.224 e. The van der Waals surface area contributed by atoms with Crippen LogP contribution in [0.3, 0.4) is 0 Å². The fourth-order valence-electron chi connectivity index (χ4n) is 1.98. The number of hydrogen-bond donors (Lipinski definition) is 3. The van der Waals surface area contributed by atoms with E-state index in [4.69, 9.17) is 5.73 Å². The van der Waals surface area contributed by atoms with E-state index in [2.05, 4.69) is 10.6 Å². The molecule has 1 atom stereocenters. The summed E-state index contributed by atoms with van der Waals surface area (Å²) in [5.41, 5.74) is 6.77. The highest BCUT2D eigenvalue weighted by Gasteiger charge is 2.17. The molecule has 0 radical (unpaired) electrons. The van der Waals surface area contributed by atoms with Crippen molar-refractivity contribution >= 4 is 11.8 Å². The Morgan fingerprint density at radius 3 is 2.48 bits per heavy atom. The van der Waals surface area contributed by atoms with Crippen molar-refractivity contribution in [2.75, 3.05) is 19.6 Å². The maximum absolute atomic E-state index is 12.1. The predicted octanol–water partition coefficient (Wildman–Crippen LogP) is 0.837. The lowest BCUT2D eigenvalue weighted by molar-refractivity contribution is -0.125. The van der Waals surface area contributed by atoms with Crippen LogP contribution < -0.4 is 16.4 Å². The van der Waals surface area contributed by atoms with E-state index < -0.39 is 0 Å². The monoisotopic (exact) mass is 291 g/mol. The Morgan fingerprint density at radius 2 is 1.86 bits per heavy atom.